The predicted octanol–water partition coefficient (Wildman–Crippen LogP) is 4.99. The third-order valence-electron chi connectivity index (χ3n) is 4.81. The molecule has 2 aromatic rings. The molecule has 2 aliphatic carbocycles. The van der Waals surface area contributed by atoms with Gasteiger partial charge in [0.25, 0.3) is 0 Å². The van der Waals surface area contributed by atoms with E-state index in [1.54, 1.807) is 0 Å². The number of hydrogen-bond donors (Lipinski definition) is 1. The Balaban J connectivity index is 1.82. The molecule has 0 amide bonds. The Morgan fingerprint density at radius 3 is 2.91 bits per heavy atom. The van der Waals surface area contributed by atoms with Gasteiger partial charge in [-0.15, -0.1) is 0 Å². The monoisotopic (exact) mass is 347 g/mol. The molecular formula is C18H15Cl2NO2. The highest BCUT2D eigenvalue weighted by Crippen LogP contribution is 2.47. The lowest BCUT2D eigenvalue weighted by Crippen LogP contribution is -2.24. The van der Waals surface area contributed by atoms with Crippen LogP contribution in [0.4, 0.5) is 0 Å². The van der Waals surface area contributed by atoms with Crippen molar-refractivity contribution in [2.24, 2.45) is 5.92 Å². The van der Waals surface area contributed by atoms with Crippen LogP contribution < -0.4 is 0 Å². The van der Waals surface area contributed by atoms with E-state index in [9.17, 15) is 4.79 Å². The SMILES string of the molecule is O=C(O)CC1=CC2Cc3nc4cc(Cl)ccc4c(Cl)c3C(C1)C2. The quantitative estimate of drug-likeness (QED) is 0.778. The number of aliphatic carboxylic acids is 1. The third-order valence-corrected chi connectivity index (χ3v) is 5.45. The van der Waals surface area contributed by atoms with Crippen molar-refractivity contribution in [2.45, 2.75) is 31.6 Å². The largest absolute Gasteiger partial charge is 0.481 e. The zero-order valence-electron chi connectivity index (χ0n) is 12.4. The van der Waals surface area contributed by atoms with E-state index in [1.807, 2.05) is 18.2 Å². The molecule has 2 atom stereocenters. The van der Waals surface area contributed by atoms with Crippen molar-refractivity contribution in [3.63, 3.8) is 0 Å². The molecule has 2 bridgehead atoms. The number of benzene rings is 1. The van der Waals surface area contributed by atoms with Crippen LogP contribution in [-0.4, -0.2) is 16.1 Å². The lowest BCUT2D eigenvalue weighted by Gasteiger charge is -2.35. The number of allylic oxidation sites excluding steroid dienone is 1. The Morgan fingerprint density at radius 1 is 1.30 bits per heavy atom. The molecule has 118 valence electrons. The number of hydrogen-bond acceptors (Lipinski definition) is 2. The van der Waals surface area contributed by atoms with Gasteiger partial charge in [0.2, 0.25) is 0 Å². The van der Waals surface area contributed by atoms with Crippen LogP contribution in [0, 0.1) is 5.92 Å². The number of fused-ring (bicyclic) bond motifs is 5. The summed E-state index contributed by atoms with van der Waals surface area (Å²) < 4.78 is 0. The van der Waals surface area contributed by atoms with Gasteiger partial charge in [0.1, 0.15) is 0 Å². The summed E-state index contributed by atoms with van der Waals surface area (Å²) in [7, 11) is 0. The minimum Gasteiger partial charge on any atom is -0.481 e. The highest BCUT2D eigenvalue weighted by Gasteiger charge is 2.34. The average molecular weight is 348 g/mol. The second kappa shape index (κ2) is 5.50. The Kier molecular flexibility index (Phi) is 3.58. The zero-order valence-corrected chi connectivity index (χ0v) is 13.9. The number of carbonyl (C=O) groups is 1. The van der Waals surface area contributed by atoms with Gasteiger partial charge in [0.15, 0.2) is 0 Å². The smallest absolute Gasteiger partial charge is 0.307 e. The lowest BCUT2D eigenvalue weighted by molar-refractivity contribution is -0.136. The minimum absolute atomic E-state index is 0.122. The van der Waals surface area contributed by atoms with Gasteiger partial charge in [0.05, 0.1) is 17.0 Å². The second-order valence-electron chi connectivity index (χ2n) is 6.44. The van der Waals surface area contributed by atoms with Gasteiger partial charge in [0, 0.05) is 16.1 Å². The molecule has 2 aliphatic rings. The molecule has 3 nitrogen and oxygen atoms in total. The molecule has 0 saturated carbocycles. The highest BCUT2D eigenvalue weighted by molar-refractivity contribution is 6.37. The van der Waals surface area contributed by atoms with Crippen LogP contribution in [-0.2, 0) is 11.2 Å². The van der Waals surface area contributed by atoms with Crippen LogP contribution in [0.5, 0.6) is 0 Å². The van der Waals surface area contributed by atoms with Gasteiger partial charge in [-0.05, 0) is 54.9 Å². The van der Waals surface area contributed by atoms with Crippen LogP contribution in [0.3, 0.4) is 0 Å². The van der Waals surface area contributed by atoms with Gasteiger partial charge in [-0.25, -0.2) is 0 Å². The van der Waals surface area contributed by atoms with Crippen LogP contribution in [0.1, 0.15) is 36.4 Å². The Morgan fingerprint density at radius 2 is 2.13 bits per heavy atom. The maximum atomic E-state index is 11.0. The van der Waals surface area contributed by atoms with Crippen LogP contribution in [0.15, 0.2) is 29.8 Å². The topological polar surface area (TPSA) is 50.2 Å². The maximum Gasteiger partial charge on any atom is 0.307 e. The summed E-state index contributed by atoms with van der Waals surface area (Å²) in [4.78, 5) is 15.8. The van der Waals surface area contributed by atoms with Crippen LogP contribution in [0.2, 0.25) is 10.0 Å². The standard InChI is InChI=1S/C18H15Cl2NO2/c19-12-1-2-13-14(8-12)21-15-6-9-3-10(7-16(22)23)5-11(4-9)17(15)18(13)20/h1-3,8-9,11H,4-7H2,(H,22,23). The van der Waals surface area contributed by atoms with Crippen molar-refractivity contribution in [1.82, 2.24) is 4.98 Å². The Labute approximate surface area is 143 Å². The first-order valence-electron chi connectivity index (χ1n) is 7.70. The number of rotatable bonds is 2. The molecular weight excluding hydrogens is 333 g/mol. The Hall–Kier alpha value is -1.58. The van der Waals surface area contributed by atoms with E-state index in [4.69, 9.17) is 33.3 Å². The van der Waals surface area contributed by atoms with E-state index in [0.29, 0.717) is 10.9 Å². The maximum absolute atomic E-state index is 11.0. The van der Waals surface area contributed by atoms with E-state index >= 15 is 0 Å². The summed E-state index contributed by atoms with van der Waals surface area (Å²) in [6.07, 6.45) is 4.85. The third kappa shape index (κ3) is 2.62. The van der Waals surface area contributed by atoms with E-state index in [-0.39, 0.29) is 12.3 Å². The van der Waals surface area contributed by atoms with Gasteiger partial charge >= 0.3 is 5.97 Å². The molecule has 1 aromatic carbocycles. The predicted molar refractivity (Wildman–Crippen MR) is 91.3 cm³/mol. The minimum atomic E-state index is -0.770. The van der Waals surface area contributed by atoms with Crippen molar-refractivity contribution >= 4 is 40.1 Å². The van der Waals surface area contributed by atoms with Crippen molar-refractivity contribution in [3.8, 4) is 0 Å². The molecule has 0 radical (unpaired) electrons. The molecule has 1 aromatic heterocycles. The molecule has 1 heterocycles. The summed E-state index contributed by atoms with van der Waals surface area (Å²) in [5.74, 6) is -0.146. The van der Waals surface area contributed by atoms with Gasteiger partial charge in [-0.2, -0.15) is 0 Å². The molecule has 23 heavy (non-hydrogen) atoms. The number of nitrogens with zero attached hydrogens (tertiary/aromatic N) is 1. The summed E-state index contributed by atoms with van der Waals surface area (Å²) in [6, 6.07) is 5.58. The first kappa shape index (κ1) is 15.0. The van der Waals surface area contributed by atoms with Crippen LogP contribution >= 0.6 is 23.2 Å². The molecule has 1 N–H and O–H groups in total. The molecule has 0 saturated heterocycles. The number of halogens is 2. The molecule has 4 rings (SSSR count). The first-order valence-corrected chi connectivity index (χ1v) is 8.45. The lowest BCUT2D eigenvalue weighted by atomic mass is 9.71. The van der Waals surface area contributed by atoms with Gasteiger partial charge in [-0.3, -0.25) is 9.78 Å². The molecule has 0 spiro atoms. The fourth-order valence-electron chi connectivity index (χ4n) is 4.00. The Bertz CT molecular complexity index is 860. The van der Waals surface area contributed by atoms with Crippen LogP contribution in [0.25, 0.3) is 10.9 Å². The molecule has 0 aliphatic heterocycles. The van der Waals surface area contributed by atoms with E-state index < -0.39 is 5.97 Å². The van der Waals surface area contributed by atoms with Gasteiger partial charge < -0.3 is 5.11 Å². The van der Waals surface area contributed by atoms with Crippen molar-refractivity contribution in [1.29, 1.82) is 0 Å². The van der Waals surface area contributed by atoms with Gasteiger partial charge in [-0.1, -0.05) is 34.9 Å². The number of aromatic nitrogens is 1. The van der Waals surface area contributed by atoms with Crippen molar-refractivity contribution in [3.05, 3.63) is 51.2 Å². The summed E-state index contributed by atoms with van der Waals surface area (Å²) >= 11 is 12.8. The average Bonchev–Trinajstić information content (AvgIpc) is 2.45. The molecule has 2 unspecified atom stereocenters. The van der Waals surface area contributed by atoms with E-state index in [0.717, 1.165) is 52.0 Å². The summed E-state index contributed by atoms with van der Waals surface area (Å²) in [5, 5.41) is 11.4. The first-order chi connectivity index (χ1) is 11.0. The van der Waals surface area contributed by atoms with Crippen molar-refractivity contribution in [2.75, 3.05) is 0 Å². The molecule has 5 heteroatoms. The second-order valence-corrected chi connectivity index (χ2v) is 7.26. The highest BCUT2D eigenvalue weighted by atomic mass is 35.5. The number of pyridine rings is 1. The summed E-state index contributed by atoms with van der Waals surface area (Å²) in [5.41, 5.74) is 3.98. The fraction of sp³-hybridized carbons (Fsp3) is 0.333. The fourth-order valence-corrected chi connectivity index (χ4v) is 4.59. The number of carboxylic acids is 1. The van der Waals surface area contributed by atoms with Crippen molar-refractivity contribution < 1.29 is 9.90 Å². The number of carboxylic acid groups (broad SMARTS) is 1. The molecule has 0 fully saturated rings. The summed E-state index contributed by atoms with van der Waals surface area (Å²) in [6.45, 7) is 0. The van der Waals surface area contributed by atoms with E-state index in [2.05, 4.69) is 6.08 Å². The zero-order chi connectivity index (χ0) is 16.1. The van der Waals surface area contributed by atoms with E-state index in [1.165, 1.54) is 0 Å². The normalized spacial score (nSPS) is 22.6.